The van der Waals surface area contributed by atoms with Crippen molar-refractivity contribution in [3.63, 3.8) is 0 Å². The maximum Gasteiger partial charge on any atom is 0.219 e. The van der Waals surface area contributed by atoms with Crippen LogP contribution in [-0.2, 0) is 9.53 Å². The average Bonchev–Trinajstić information content (AvgIpc) is 2.49. The second-order valence-corrected chi connectivity index (χ2v) is 3.35. The Morgan fingerprint density at radius 2 is 2.42 bits per heavy atom. The summed E-state index contributed by atoms with van der Waals surface area (Å²) in [5.74, 6) is 0.164. The maximum absolute atomic E-state index is 11.2. The normalized spacial score (nSPS) is 34.9. The van der Waals surface area contributed by atoms with Crippen molar-refractivity contribution in [2.45, 2.75) is 19.1 Å². The van der Waals surface area contributed by atoms with Gasteiger partial charge in [-0.25, -0.2) is 0 Å². The third-order valence-corrected chi connectivity index (χ3v) is 2.60. The largest absolute Gasteiger partial charge is 0.373 e. The number of hydrogen-bond donors (Lipinski definition) is 1. The van der Waals surface area contributed by atoms with E-state index in [9.17, 15) is 4.79 Å². The van der Waals surface area contributed by atoms with Crippen LogP contribution in [0.1, 0.15) is 6.92 Å². The molecule has 0 aromatic rings. The first-order valence-corrected chi connectivity index (χ1v) is 4.38. The molecule has 0 spiro atoms. The fourth-order valence-electron chi connectivity index (χ4n) is 1.98. The summed E-state index contributed by atoms with van der Waals surface area (Å²) in [6.07, 6.45) is 0.225. The Balaban J connectivity index is 2.08. The number of nitrogens with zero attached hydrogens (tertiary/aromatic N) is 1. The van der Waals surface area contributed by atoms with Gasteiger partial charge in [0, 0.05) is 26.6 Å². The van der Waals surface area contributed by atoms with Gasteiger partial charge in [0.2, 0.25) is 5.91 Å². The van der Waals surface area contributed by atoms with E-state index in [1.165, 1.54) is 0 Å². The second-order valence-electron chi connectivity index (χ2n) is 3.35. The van der Waals surface area contributed by atoms with Crippen molar-refractivity contribution in [3.05, 3.63) is 0 Å². The van der Waals surface area contributed by atoms with Crippen LogP contribution in [0.4, 0.5) is 0 Å². The third kappa shape index (κ3) is 1.21. The molecule has 2 saturated heterocycles. The maximum atomic E-state index is 11.2. The molecule has 2 aliphatic heterocycles. The lowest BCUT2D eigenvalue weighted by Gasteiger charge is -2.36. The van der Waals surface area contributed by atoms with Gasteiger partial charge < -0.3 is 15.0 Å². The third-order valence-electron chi connectivity index (χ3n) is 2.60. The van der Waals surface area contributed by atoms with Crippen molar-refractivity contribution in [1.82, 2.24) is 10.2 Å². The summed E-state index contributed by atoms with van der Waals surface area (Å²) in [4.78, 5) is 13.1. The Bertz CT molecular complexity index is 195. The van der Waals surface area contributed by atoms with Gasteiger partial charge in [-0.3, -0.25) is 4.79 Å². The fourth-order valence-corrected chi connectivity index (χ4v) is 1.98. The van der Waals surface area contributed by atoms with Crippen molar-refractivity contribution in [2.75, 3.05) is 26.2 Å². The summed E-state index contributed by atoms with van der Waals surface area (Å²) < 4.78 is 5.53. The summed E-state index contributed by atoms with van der Waals surface area (Å²) in [5, 5.41) is 3.23. The van der Waals surface area contributed by atoms with Gasteiger partial charge in [0.05, 0.1) is 18.8 Å². The van der Waals surface area contributed by atoms with E-state index in [4.69, 9.17) is 4.74 Å². The molecule has 0 unspecified atom stereocenters. The molecule has 12 heavy (non-hydrogen) atoms. The monoisotopic (exact) mass is 170 g/mol. The van der Waals surface area contributed by atoms with Crippen molar-refractivity contribution >= 4 is 5.91 Å². The number of rotatable bonds is 0. The Kier molecular flexibility index (Phi) is 2.02. The highest BCUT2D eigenvalue weighted by molar-refractivity contribution is 5.73. The predicted molar refractivity (Wildman–Crippen MR) is 43.8 cm³/mol. The van der Waals surface area contributed by atoms with E-state index in [0.29, 0.717) is 6.61 Å². The van der Waals surface area contributed by atoms with Gasteiger partial charge >= 0.3 is 0 Å². The molecule has 0 saturated carbocycles. The van der Waals surface area contributed by atoms with Crippen LogP contribution in [0, 0.1) is 0 Å². The second kappa shape index (κ2) is 3.03. The van der Waals surface area contributed by atoms with Gasteiger partial charge in [-0.1, -0.05) is 0 Å². The molecule has 4 nitrogen and oxygen atoms in total. The zero-order valence-corrected chi connectivity index (χ0v) is 7.25. The Morgan fingerprint density at radius 1 is 1.58 bits per heavy atom. The fraction of sp³-hybridized carbons (Fsp3) is 0.875. The molecule has 68 valence electrons. The molecule has 0 aromatic heterocycles. The molecule has 1 amide bonds. The molecule has 0 aliphatic carbocycles. The van der Waals surface area contributed by atoms with Crippen LogP contribution in [0.2, 0.25) is 0 Å². The van der Waals surface area contributed by atoms with Gasteiger partial charge in [-0.15, -0.1) is 0 Å². The molecule has 0 aromatic carbocycles. The van der Waals surface area contributed by atoms with Crippen molar-refractivity contribution in [3.8, 4) is 0 Å². The molecule has 0 radical (unpaired) electrons. The van der Waals surface area contributed by atoms with E-state index < -0.39 is 0 Å². The first-order chi connectivity index (χ1) is 5.79. The van der Waals surface area contributed by atoms with E-state index in [1.54, 1.807) is 6.92 Å². The summed E-state index contributed by atoms with van der Waals surface area (Å²) >= 11 is 0. The van der Waals surface area contributed by atoms with E-state index in [2.05, 4.69) is 5.32 Å². The lowest BCUT2D eigenvalue weighted by atomic mass is 10.1. The highest BCUT2D eigenvalue weighted by Crippen LogP contribution is 2.17. The molecule has 2 aliphatic rings. The standard InChI is InChI=1S/C8H14N2O2/c1-6(11)10-2-3-12-8-5-9-4-7(8)10/h7-9H,2-5H2,1H3/t7-,8+/m1/s1. The van der Waals surface area contributed by atoms with E-state index >= 15 is 0 Å². The van der Waals surface area contributed by atoms with E-state index in [-0.39, 0.29) is 18.1 Å². The van der Waals surface area contributed by atoms with Crippen LogP contribution in [0.15, 0.2) is 0 Å². The van der Waals surface area contributed by atoms with Crippen molar-refractivity contribution in [1.29, 1.82) is 0 Å². The van der Waals surface area contributed by atoms with Crippen molar-refractivity contribution in [2.24, 2.45) is 0 Å². The summed E-state index contributed by atoms with van der Waals surface area (Å²) in [7, 11) is 0. The van der Waals surface area contributed by atoms with E-state index in [0.717, 1.165) is 19.6 Å². The number of nitrogens with one attached hydrogen (secondary N) is 1. The highest BCUT2D eigenvalue weighted by Gasteiger charge is 2.36. The van der Waals surface area contributed by atoms with E-state index in [1.807, 2.05) is 4.90 Å². The molecule has 2 heterocycles. The van der Waals surface area contributed by atoms with Crippen LogP contribution in [0.5, 0.6) is 0 Å². The summed E-state index contributed by atoms with van der Waals surface area (Å²) in [6.45, 7) is 4.82. The van der Waals surface area contributed by atoms with Crippen LogP contribution < -0.4 is 5.32 Å². The number of carbonyl (C=O) groups is 1. The number of hydrogen-bond acceptors (Lipinski definition) is 3. The Hall–Kier alpha value is -0.610. The van der Waals surface area contributed by atoms with Crippen LogP contribution >= 0.6 is 0 Å². The molecule has 2 fully saturated rings. The molecular weight excluding hydrogens is 156 g/mol. The van der Waals surface area contributed by atoms with Crippen LogP contribution in [0.3, 0.4) is 0 Å². The highest BCUT2D eigenvalue weighted by atomic mass is 16.5. The van der Waals surface area contributed by atoms with Crippen molar-refractivity contribution < 1.29 is 9.53 Å². The number of amides is 1. The topological polar surface area (TPSA) is 41.6 Å². The molecule has 0 bridgehead atoms. The molecule has 2 rings (SSSR count). The quantitative estimate of drug-likeness (QED) is 0.518. The minimum absolute atomic E-state index is 0.164. The SMILES string of the molecule is CC(=O)N1CCO[C@H]2CNC[C@H]21. The molecule has 2 atom stereocenters. The smallest absolute Gasteiger partial charge is 0.219 e. The number of carbonyl (C=O) groups excluding carboxylic acids is 1. The van der Waals surface area contributed by atoms with Gasteiger partial charge in [0.15, 0.2) is 0 Å². The van der Waals surface area contributed by atoms with Crippen LogP contribution in [0.25, 0.3) is 0 Å². The summed E-state index contributed by atoms with van der Waals surface area (Å²) in [6, 6.07) is 0.274. The predicted octanol–water partition coefficient (Wildman–Crippen LogP) is -0.794. The number of ether oxygens (including phenoxy) is 1. The van der Waals surface area contributed by atoms with Crippen LogP contribution in [-0.4, -0.2) is 49.2 Å². The Labute approximate surface area is 71.9 Å². The first-order valence-electron chi connectivity index (χ1n) is 4.38. The lowest BCUT2D eigenvalue weighted by molar-refractivity contribution is -0.140. The molecular formula is C8H14N2O2. The van der Waals surface area contributed by atoms with Gasteiger partial charge in [-0.2, -0.15) is 0 Å². The van der Waals surface area contributed by atoms with Gasteiger partial charge in [0.1, 0.15) is 0 Å². The Morgan fingerprint density at radius 3 is 3.17 bits per heavy atom. The minimum atomic E-state index is 0.164. The first kappa shape index (κ1) is 8.01. The molecule has 4 heteroatoms. The van der Waals surface area contributed by atoms with Gasteiger partial charge in [-0.05, 0) is 0 Å². The van der Waals surface area contributed by atoms with Gasteiger partial charge in [0.25, 0.3) is 0 Å². The summed E-state index contributed by atoms with van der Waals surface area (Å²) in [5.41, 5.74) is 0. The lowest BCUT2D eigenvalue weighted by Crippen LogP contribution is -2.52. The molecule has 1 N–H and O–H groups in total. The number of morpholine rings is 1. The number of fused-ring (bicyclic) bond motifs is 1. The average molecular weight is 170 g/mol. The zero-order chi connectivity index (χ0) is 8.55. The zero-order valence-electron chi connectivity index (χ0n) is 7.25. The minimum Gasteiger partial charge on any atom is -0.373 e.